The van der Waals surface area contributed by atoms with Gasteiger partial charge in [0.15, 0.2) is 17.5 Å². The molecule has 10 rings (SSSR count). The highest BCUT2D eigenvalue weighted by Gasteiger charge is 2.18. The summed E-state index contributed by atoms with van der Waals surface area (Å²) < 4.78 is 6.54. The smallest absolute Gasteiger partial charge is 0.164 e. The van der Waals surface area contributed by atoms with Crippen LogP contribution in [0.1, 0.15) is 0 Å². The molecule has 4 nitrogen and oxygen atoms in total. The minimum absolute atomic E-state index is 0.604. The monoisotopic (exact) mass is 703 g/mol. The van der Waals surface area contributed by atoms with Gasteiger partial charge in [-0.2, -0.15) is 0 Å². The molecule has 0 aliphatic carbocycles. The van der Waals surface area contributed by atoms with Crippen molar-refractivity contribution in [1.29, 1.82) is 0 Å². The summed E-state index contributed by atoms with van der Waals surface area (Å²) in [7, 11) is 0. The fraction of sp³-hybridized carbons (Fsp3) is 0. The normalized spacial score (nSPS) is 11.3. The maximum absolute atomic E-state index is 6.54. The summed E-state index contributed by atoms with van der Waals surface area (Å²) in [4.78, 5) is 14.9. The van der Waals surface area contributed by atoms with Gasteiger partial charge in [-0.25, -0.2) is 15.0 Å². The first-order chi connectivity index (χ1) is 27.2. The minimum atomic E-state index is 0.604. The van der Waals surface area contributed by atoms with Gasteiger partial charge in [0.1, 0.15) is 11.2 Å². The van der Waals surface area contributed by atoms with E-state index in [-0.39, 0.29) is 0 Å². The van der Waals surface area contributed by atoms with Gasteiger partial charge in [-0.05, 0) is 80.9 Å². The van der Waals surface area contributed by atoms with Crippen molar-refractivity contribution in [3.63, 3.8) is 0 Å². The molecule has 0 unspecified atom stereocenters. The highest BCUT2D eigenvalue weighted by atomic mass is 16.3. The maximum Gasteiger partial charge on any atom is 0.164 e. The minimum Gasteiger partial charge on any atom is -0.456 e. The molecule has 0 aliphatic heterocycles. The van der Waals surface area contributed by atoms with Gasteiger partial charge in [0.2, 0.25) is 0 Å². The molecular weight excluding hydrogens is 671 g/mol. The van der Waals surface area contributed by atoms with Crippen molar-refractivity contribution >= 4 is 21.9 Å². The predicted molar refractivity (Wildman–Crippen MR) is 225 cm³/mol. The van der Waals surface area contributed by atoms with E-state index in [1.165, 1.54) is 27.8 Å². The Bertz CT molecular complexity index is 2820. The highest BCUT2D eigenvalue weighted by molar-refractivity contribution is 6.12. The molecule has 0 fully saturated rings. The first kappa shape index (κ1) is 32.2. The van der Waals surface area contributed by atoms with Gasteiger partial charge in [0, 0.05) is 27.5 Å². The van der Waals surface area contributed by atoms with Crippen LogP contribution in [0.3, 0.4) is 0 Å². The van der Waals surface area contributed by atoms with Gasteiger partial charge in [-0.3, -0.25) is 0 Å². The molecule has 8 aromatic carbocycles. The molecule has 0 amide bonds. The molecule has 0 bridgehead atoms. The van der Waals surface area contributed by atoms with Crippen molar-refractivity contribution in [2.75, 3.05) is 0 Å². The van der Waals surface area contributed by atoms with Crippen LogP contribution in [0.5, 0.6) is 0 Å². The molecule has 0 N–H and O–H groups in total. The van der Waals surface area contributed by atoms with E-state index < -0.39 is 0 Å². The fourth-order valence-electron chi connectivity index (χ4n) is 7.36. The summed E-state index contributed by atoms with van der Waals surface area (Å²) in [6.45, 7) is 0. The van der Waals surface area contributed by atoms with Crippen molar-refractivity contribution in [3.05, 3.63) is 200 Å². The second-order valence-corrected chi connectivity index (χ2v) is 13.6. The second kappa shape index (κ2) is 13.8. The summed E-state index contributed by atoms with van der Waals surface area (Å²) >= 11 is 0. The fourth-order valence-corrected chi connectivity index (χ4v) is 7.36. The lowest BCUT2D eigenvalue weighted by atomic mass is 9.92. The third-order valence-corrected chi connectivity index (χ3v) is 10.1. The third kappa shape index (κ3) is 6.26. The number of nitrogens with zero attached hydrogens (tertiary/aromatic N) is 3. The lowest BCUT2D eigenvalue weighted by Gasteiger charge is -2.12. The van der Waals surface area contributed by atoms with Crippen LogP contribution in [0.4, 0.5) is 0 Å². The van der Waals surface area contributed by atoms with E-state index in [2.05, 4.69) is 127 Å². The van der Waals surface area contributed by atoms with Crippen LogP contribution in [0.25, 0.3) is 101 Å². The molecule has 0 saturated heterocycles. The molecule has 4 heteroatoms. The summed E-state index contributed by atoms with van der Waals surface area (Å²) in [5, 5.41) is 2.00. The van der Waals surface area contributed by atoms with Crippen LogP contribution < -0.4 is 0 Å². The van der Waals surface area contributed by atoms with Gasteiger partial charge < -0.3 is 4.42 Å². The van der Waals surface area contributed by atoms with E-state index in [1.807, 2.05) is 72.8 Å². The van der Waals surface area contributed by atoms with Crippen LogP contribution in [0.2, 0.25) is 0 Å². The summed E-state index contributed by atoms with van der Waals surface area (Å²) in [6.07, 6.45) is 0. The Balaban J connectivity index is 1.03. The molecule has 258 valence electrons. The van der Waals surface area contributed by atoms with Crippen molar-refractivity contribution in [3.8, 4) is 78.7 Å². The maximum atomic E-state index is 6.54. The average Bonchev–Trinajstić information content (AvgIpc) is 3.66. The van der Waals surface area contributed by atoms with Gasteiger partial charge in [0.05, 0.1) is 0 Å². The van der Waals surface area contributed by atoms with E-state index in [1.54, 1.807) is 0 Å². The SMILES string of the molecule is c1ccc(-c2cc(-c3ccccc3)cc(-c3ccc(-c4ccc5c(c4)oc4cccc(-c6nc(-c7ccccc7)nc(-c7ccccc7)n6)c45)cc3)c2)cc1. The first-order valence-corrected chi connectivity index (χ1v) is 18.4. The molecule has 0 atom stereocenters. The van der Waals surface area contributed by atoms with Crippen molar-refractivity contribution < 1.29 is 4.42 Å². The van der Waals surface area contributed by atoms with E-state index in [4.69, 9.17) is 19.4 Å². The first-order valence-electron chi connectivity index (χ1n) is 18.4. The lowest BCUT2D eigenvalue weighted by Crippen LogP contribution is -2.00. The zero-order valence-electron chi connectivity index (χ0n) is 29.8. The van der Waals surface area contributed by atoms with Crippen molar-refractivity contribution in [2.24, 2.45) is 0 Å². The molecule has 0 spiro atoms. The molecular formula is C51H33N3O. The van der Waals surface area contributed by atoms with E-state index in [0.717, 1.165) is 55.3 Å². The van der Waals surface area contributed by atoms with Gasteiger partial charge in [0.25, 0.3) is 0 Å². The summed E-state index contributed by atoms with van der Waals surface area (Å²) in [5.74, 6) is 1.86. The molecule has 0 aliphatic rings. The Morgan fingerprint density at radius 3 is 1.20 bits per heavy atom. The van der Waals surface area contributed by atoms with Crippen LogP contribution in [0, 0.1) is 0 Å². The molecule has 10 aromatic rings. The second-order valence-electron chi connectivity index (χ2n) is 13.6. The zero-order chi connectivity index (χ0) is 36.6. The largest absolute Gasteiger partial charge is 0.456 e. The topological polar surface area (TPSA) is 51.8 Å². The average molecular weight is 704 g/mol. The van der Waals surface area contributed by atoms with Crippen LogP contribution in [-0.2, 0) is 0 Å². The number of aromatic nitrogens is 3. The number of hydrogen-bond donors (Lipinski definition) is 0. The number of hydrogen-bond acceptors (Lipinski definition) is 4. The quantitative estimate of drug-likeness (QED) is 0.166. The molecule has 0 saturated carbocycles. The Morgan fingerprint density at radius 1 is 0.273 bits per heavy atom. The standard InChI is InChI=1S/C51H33N3O/c1-5-14-34(15-6-1)41-30-42(35-16-7-2-8-17-35)32-43(31-41)37-26-24-36(25-27-37)40-28-29-44-47(33-40)55-46-23-13-22-45(48(44)46)51-53-49(38-18-9-3-10-19-38)52-50(54-51)39-20-11-4-12-21-39/h1-33H. The van der Waals surface area contributed by atoms with Crippen LogP contribution in [0.15, 0.2) is 205 Å². The van der Waals surface area contributed by atoms with E-state index in [9.17, 15) is 0 Å². The highest BCUT2D eigenvalue weighted by Crippen LogP contribution is 2.39. The Labute approximate surface area is 319 Å². The van der Waals surface area contributed by atoms with Crippen molar-refractivity contribution in [2.45, 2.75) is 0 Å². The molecule has 55 heavy (non-hydrogen) atoms. The Hall–Kier alpha value is -7.43. The van der Waals surface area contributed by atoms with E-state index >= 15 is 0 Å². The van der Waals surface area contributed by atoms with Gasteiger partial charge in [-0.15, -0.1) is 0 Å². The molecule has 2 aromatic heterocycles. The number of benzene rings is 8. The Morgan fingerprint density at radius 2 is 0.691 bits per heavy atom. The predicted octanol–water partition coefficient (Wildman–Crippen LogP) is 13.4. The van der Waals surface area contributed by atoms with Crippen LogP contribution >= 0.6 is 0 Å². The van der Waals surface area contributed by atoms with Crippen LogP contribution in [-0.4, -0.2) is 15.0 Å². The van der Waals surface area contributed by atoms with Crippen molar-refractivity contribution in [1.82, 2.24) is 15.0 Å². The number of furan rings is 1. The van der Waals surface area contributed by atoms with Gasteiger partial charge >= 0.3 is 0 Å². The molecule has 0 radical (unpaired) electrons. The summed E-state index contributed by atoms with van der Waals surface area (Å²) in [5.41, 5.74) is 13.7. The molecule has 2 heterocycles. The zero-order valence-corrected chi connectivity index (χ0v) is 29.8. The number of fused-ring (bicyclic) bond motifs is 3. The third-order valence-electron chi connectivity index (χ3n) is 10.1. The van der Waals surface area contributed by atoms with Gasteiger partial charge in [-0.1, -0.05) is 164 Å². The lowest BCUT2D eigenvalue weighted by molar-refractivity contribution is 0.669. The van der Waals surface area contributed by atoms with E-state index in [0.29, 0.717) is 17.5 Å². The number of rotatable bonds is 7. The Kier molecular flexibility index (Phi) is 8.12. The summed E-state index contributed by atoms with van der Waals surface area (Å²) in [6, 6.07) is 69.5.